The minimum atomic E-state index is -0.433. The normalized spacial score (nSPS) is 9.52. The summed E-state index contributed by atoms with van der Waals surface area (Å²) in [5, 5.41) is 5.28. The van der Waals surface area contributed by atoms with Crippen LogP contribution < -0.4 is 20.1 Å². The molecule has 130 valence electrons. The van der Waals surface area contributed by atoms with Gasteiger partial charge in [0.2, 0.25) is 0 Å². The number of halogens is 1. The monoisotopic (exact) mass is 342 g/mol. The number of amides is 2. The van der Waals surface area contributed by atoms with Crippen LogP contribution in [0.5, 0.6) is 11.5 Å². The molecule has 2 aromatic rings. The van der Waals surface area contributed by atoms with Crippen molar-refractivity contribution in [2.24, 2.45) is 0 Å². The van der Waals surface area contributed by atoms with E-state index in [1.165, 1.54) is 12.1 Å². The molecule has 0 spiro atoms. The van der Waals surface area contributed by atoms with Crippen LogP contribution in [-0.2, 0) is 0 Å². The van der Waals surface area contributed by atoms with E-state index in [1.54, 1.807) is 36.4 Å². The predicted octanol–water partition coefficient (Wildman–Crippen LogP) is 3.43. The van der Waals surface area contributed by atoms with Crippen molar-refractivity contribution in [3.63, 3.8) is 0 Å². The van der Waals surface area contributed by atoms with Crippen LogP contribution in [0, 0.1) is 17.7 Å². The third-order valence-corrected chi connectivity index (χ3v) is 3.02. The lowest BCUT2D eigenvalue weighted by Crippen LogP contribution is -2.28. The van der Waals surface area contributed by atoms with Crippen molar-refractivity contribution < 1.29 is 18.7 Å². The molecule has 0 unspecified atom stereocenters. The lowest BCUT2D eigenvalue weighted by atomic mass is 10.3. The van der Waals surface area contributed by atoms with Gasteiger partial charge in [-0.05, 0) is 43.3 Å². The van der Waals surface area contributed by atoms with E-state index in [2.05, 4.69) is 22.5 Å². The first-order valence-electron chi connectivity index (χ1n) is 7.80. The number of anilines is 1. The zero-order valence-corrected chi connectivity index (χ0v) is 13.8. The zero-order valence-electron chi connectivity index (χ0n) is 13.8. The van der Waals surface area contributed by atoms with Gasteiger partial charge in [0.25, 0.3) is 0 Å². The predicted molar refractivity (Wildman–Crippen MR) is 94.3 cm³/mol. The number of urea groups is 1. The molecule has 5 nitrogen and oxygen atoms in total. The van der Waals surface area contributed by atoms with Crippen molar-refractivity contribution >= 4 is 11.7 Å². The third-order valence-electron chi connectivity index (χ3n) is 3.02. The number of para-hydroxylation sites is 1. The average molecular weight is 342 g/mol. The molecule has 0 saturated carbocycles. The molecule has 0 aliphatic carbocycles. The fourth-order valence-corrected chi connectivity index (χ4v) is 1.89. The summed E-state index contributed by atoms with van der Waals surface area (Å²) in [5.74, 6) is 5.89. The van der Waals surface area contributed by atoms with Gasteiger partial charge in [0.15, 0.2) is 11.6 Å². The SMILES string of the molecule is CCOc1ccc(NC(=O)NCC#CCOc2ccccc2F)cc1. The van der Waals surface area contributed by atoms with Crippen LogP contribution in [-0.4, -0.2) is 25.8 Å². The summed E-state index contributed by atoms with van der Waals surface area (Å²) in [5.41, 5.74) is 0.650. The molecule has 2 N–H and O–H groups in total. The molecule has 0 heterocycles. The number of carbonyl (C=O) groups is 1. The number of rotatable bonds is 6. The maximum atomic E-state index is 13.3. The summed E-state index contributed by atoms with van der Waals surface area (Å²) >= 11 is 0. The van der Waals surface area contributed by atoms with Crippen LogP contribution in [0.2, 0.25) is 0 Å². The van der Waals surface area contributed by atoms with Gasteiger partial charge in [0.1, 0.15) is 12.4 Å². The van der Waals surface area contributed by atoms with Crippen molar-refractivity contribution in [2.45, 2.75) is 6.92 Å². The standard InChI is InChI=1S/C19H19FN2O3/c1-2-24-16-11-9-15(10-12-16)22-19(23)21-13-5-6-14-25-18-8-4-3-7-17(18)20/h3-4,7-12H,2,13-14H2,1H3,(H2,21,22,23). The average Bonchev–Trinajstić information content (AvgIpc) is 2.61. The second-order valence-corrected chi connectivity index (χ2v) is 4.84. The number of hydrogen-bond donors (Lipinski definition) is 2. The van der Waals surface area contributed by atoms with E-state index in [1.807, 2.05) is 6.92 Å². The Labute approximate surface area is 146 Å². The lowest BCUT2D eigenvalue weighted by molar-refractivity contribution is 0.253. The maximum absolute atomic E-state index is 13.3. The Morgan fingerprint density at radius 1 is 1.08 bits per heavy atom. The number of carbonyl (C=O) groups excluding carboxylic acids is 1. The Morgan fingerprint density at radius 3 is 2.56 bits per heavy atom. The quantitative estimate of drug-likeness (QED) is 0.791. The number of ether oxygens (including phenoxy) is 2. The Hall–Kier alpha value is -3.20. The second-order valence-electron chi connectivity index (χ2n) is 4.84. The van der Waals surface area contributed by atoms with Crippen LogP contribution >= 0.6 is 0 Å². The lowest BCUT2D eigenvalue weighted by Gasteiger charge is -2.07. The minimum absolute atomic E-state index is 0.0448. The zero-order chi connectivity index (χ0) is 17.9. The van der Waals surface area contributed by atoms with E-state index in [-0.39, 0.29) is 24.9 Å². The molecular weight excluding hydrogens is 323 g/mol. The molecule has 2 rings (SSSR count). The van der Waals surface area contributed by atoms with Gasteiger partial charge in [0.05, 0.1) is 13.2 Å². The van der Waals surface area contributed by atoms with Crippen molar-refractivity contribution in [1.29, 1.82) is 0 Å². The van der Waals surface area contributed by atoms with E-state index < -0.39 is 5.82 Å². The number of hydrogen-bond acceptors (Lipinski definition) is 3. The van der Waals surface area contributed by atoms with Crippen molar-refractivity contribution in [2.75, 3.05) is 25.1 Å². The largest absolute Gasteiger partial charge is 0.494 e. The van der Waals surface area contributed by atoms with Crippen molar-refractivity contribution in [3.05, 3.63) is 54.3 Å². The molecule has 0 aromatic heterocycles. The van der Waals surface area contributed by atoms with Gasteiger partial charge in [-0.3, -0.25) is 0 Å². The summed E-state index contributed by atoms with van der Waals surface area (Å²) in [6, 6.07) is 12.8. The Morgan fingerprint density at radius 2 is 1.84 bits per heavy atom. The first kappa shape index (κ1) is 18.1. The van der Waals surface area contributed by atoms with E-state index in [0.717, 1.165) is 5.75 Å². The Bertz CT molecular complexity index is 751. The molecule has 0 saturated heterocycles. The summed E-state index contributed by atoms with van der Waals surface area (Å²) in [4.78, 5) is 11.7. The number of benzene rings is 2. The van der Waals surface area contributed by atoms with E-state index >= 15 is 0 Å². The van der Waals surface area contributed by atoms with Crippen LogP contribution in [0.15, 0.2) is 48.5 Å². The van der Waals surface area contributed by atoms with Crippen LogP contribution in [0.25, 0.3) is 0 Å². The molecule has 6 heteroatoms. The summed E-state index contributed by atoms with van der Waals surface area (Å²) in [6.07, 6.45) is 0. The maximum Gasteiger partial charge on any atom is 0.319 e. The summed E-state index contributed by atoms with van der Waals surface area (Å²) in [7, 11) is 0. The van der Waals surface area contributed by atoms with Gasteiger partial charge in [-0.15, -0.1) is 0 Å². The molecule has 2 amide bonds. The fourth-order valence-electron chi connectivity index (χ4n) is 1.89. The molecule has 0 aliphatic rings. The Kier molecular flexibility index (Phi) is 7.13. The fraction of sp³-hybridized carbons (Fsp3) is 0.211. The van der Waals surface area contributed by atoms with Gasteiger partial charge < -0.3 is 20.1 Å². The van der Waals surface area contributed by atoms with Crippen LogP contribution in [0.1, 0.15) is 6.92 Å². The molecule has 0 aliphatic heterocycles. The molecule has 0 atom stereocenters. The molecular formula is C19H19FN2O3. The highest BCUT2D eigenvalue weighted by Crippen LogP contribution is 2.15. The topological polar surface area (TPSA) is 59.6 Å². The summed E-state index contributed by atoms with van der Waals surface area (Å²) < 4.78 is 23.8. The molecule has 25 heavy (non-hydrogen) atoms. The summed E-state index contributed by atoms with van der Waals surface area (Å²) in [6.45, 7) is 2.70. The minimum Gasteiger partial charge on any atom is -0.494 e. The van der Waals surface area contributed by atoms with E-state index in [0.29, 0.717) is 12.3 Å². The van der Waals surface area contributed by atoms with Gasteiger partial charge in [0, 0.05) is 5.69 Å². The third kappa shape index (κ3) is 6.43. The highest BCUT2D eigenvalue weighted by atomic mass is 19.1. The molecule has 0 radical (unpaired) electrons. The first-order chi connectivity index (χ1) is 12.2. The Balaban J connectivity index is 1.68. The molecule has 0 bridgehead atoms. The first-order valence-corrected chi connectivity index (χ1v) is 7.80. The van der Waals surface area contributed by atoms with E-state index in [9.17, 15) is 9.18 Å². The van der Waals surface area contributed by atoms with Crippen molar-refractivity contribution in [3.8, 4) is 23.3 Å². The van der Waals surface area contributed by atoms with E-state index in [4.69, 9.17) is 9.47 Å². The van der Waals surface area contributed by atoms with Crippen molar-refractivity contribution in [1.82, 2.24) is 5.32 Å². The molecule has 2 aromatic carbocycles. The van der Waals surface area contributed by atoms with Gasteiger partial charge in [-0.1, -0.05) is 24.0 Å². The molecule has 0 fully saturated rings. The van der Waals surface area contributed by atoms with Crippen LogP contribution in [0.3, 0.4) is 0 Å². The second kappa shape index (κ2) is 9.83. The van der Waals surface area contributed by atoms with Gasteiger partial charge in [-0.2, -0.15) is 0 Å². The highest BCUT2D eigenvalue weighted by Gasteiger charge is 2.01. The number of nitrogens with one attached hydrogen (secondary N) is 2. The highest BCUT2D eigenvalue weighted by molar-refractivity contribution is 5.89. The van der Waals surface area contributed by atoms with Crippen LogP contribution in [0.4, 0.5) is 14.9 Å². The van der Waals surface area contributed by atoms with Gasteiger partial charge in [-0.25, -0.2) is 9.18 Å². The smallest absolute Gasteiger partial charge is 0.319 e. The van der Waals surface area contributed by atoms with Gasteiger partial charge >= 0.3 is 6.03 Å².